The molecule has 1 aromatic carbocycles. The zero-order chi connectivity index (χ0) is 27.8. The Bertz CT molecular complexity index is 1780. The van der Waals surface area contributed by atoms with Crippen molar-refractivity contribution in [2.24, 2.45) is 0 Å². The number of halogens is 2. The molecule has 0 radical (unpaired) electrons. The number of nitrogen functional groups attached to an aromatic ring is 1. The molecule has 198 valence electrons. The van der Waals surface area contributed by atoms with Crippen molar-refractivity contribution >= 4 is 23.0 Å². The summed E-state index contributed by atoms with van der Waals surface area (Å²) < 4.78 is 31.0. The first-order valence-corrected chi connectivity index (χ1v) is 12.1. The zero-order valence-corrected chi connectivity index (χ0v) is 21.4. The quantitative estimate of drug-likeness (QED) is 0.266. The van der Waals surface area contributed by atoms with E-state index in [-0.39, 0.29) is 51.4 Å². The number of fused-ring (bicyclic) bond motifs is 1. The summed E-state index contributed by atoms with van der Waals surface area (Å²) >= 11 is 0. The number of nitrogens with zero attached hydrogens (tertiary/aromatic N) is 6. The van der Waals surface area contributed by atoms with Gasteiger partial charge in [0.05, 0.1) is 34.8 Å². The molecular formula is C27H25F2N9O. The van der Waals surface area contributed by atoms with Crippen molar-refractivity contribution in [2.75, 3.05) is 11.1 Å². The van der Waals surface area contributed by atoms with Crippen LogP contribution < -0.4 is 16.6 Å². The number of hydrogen-bond donors (Lipinski definition) is 3. The Kier molecular flexibility index (Phi) is 6.60. The molecule has 1 atom stereocenters. The van der Waals surface area contributed by atoms with Crippen molar-refractivity contribution in [3.8, 4) is 11.1 Å². The van der Waals surface area contributed by atoms with Crippen LogP contribution >= 0.6 is 0 Å². The minimum Gasteiger partial charge on any atom is -0.383 e. The van der Waals surface area contributed by atoms with Crippen LogP contribution in [0.25, 0.3) is 16.8 Å². The lowest BCUT2D eigenvalue weighted by Crippen LogP contribution is -2.24. The fourth-order valence-corrected chi connectivity index (χ4v) is 4.28. The molecule has 0 fully saturated rings. The second-order valence-corrected chi connectivity index (χ2v) is 9.29. The van der Waals surface area contributed by atoms with Crippen LogP contribution in [0.2, 0.25) is 0 Å². The lowest BCUT2D eigenvalue weighted by Gasteiger charge is -2.20. The third-order valence-corrected chi connectivity index (χ3v) is 6.24. The fraction of sp³-hybridized carbons (Fsp3) is 0.185. The first-order valence-electron chi connectivity index (χ1n) is 12.1. The molecule has 4 N–H and O–H groups in total. The van der Waals surface area contributed by atoms with Gasteiger partial charge in [-0.2, -0.15) is 5.10 Å². The van der Waals surface area contributed by atoms with E-state index in [9.17, 15) is 13.6 Å². The van der Waals surface area contributed by atoms with Crippen LogP contribution in [0.4, 0.5) is 20.4 Å². The van der Waals surface area contributed by atoms with Crippen molar-refractivity contribution in [3.63, 3.8) is 0 Å². The average Bonchev–Trinajstić information content (AvgIpc) is 3.40. The van der Waals surface area contributed by atoms with Crippen molar-refractivity contribution in [2.45, 2.75) is 32.9 Å². The normalized spacial score (nSPS) is 12.2. The molecule has 0 unspecified atom stereocenters. The Morgan fingerprint density at radius 3 is 2.59 bits per heavy atom. The molecule has 4 aromatic heterocycles. The minimum absolute atomic E-state index is 0.0575. The molecule has 4 heterocycles. The highest BCUT2D eigenvalue weighted by Gasteiger charge is 2.24. The predicted molar refractivity (Wildman–Crippen MR) is 144 cm³/mol. The monoisotopic (exact) mass is 529 g/mol. The number of nitrogens with two attached hydrogens (primary N) is 1. The van der Waals surface area contributed by atoms with E-state index in [0.29, 0.717) is 5.56 Å². The number of nitrogens with one attached hydrogen (secondary N) is 2. The van der Waals surface area contributed by atoms with Gasteiger partial charge in [-0.1, -0.05) is 12.1 Å². The Hall–Kier alpha value is -5.00. The van der Waals surface area contributed by atoms with E-state index in [1.165, 1.54) is 36.7 Å². The van der Waals surface area contributed by atoms with Gasteiger partial charge in [0.25, 0.3) is 5.56 Å². The van der Waals surface area contributed by atoms with E-state index in [1.54, 1.807) is 30.1 Å². The van der Waals surface area contributed by atoms with Crippen LogP contribution in [0.5, 0.6) is 0 Å². The molecule has 0 spiro atoms. The Morgan fingerprint density at radius 1 is 1.08 bits per heavy atom. The molecular weight excluding hydrogens is 504 g/mol. The average molecular weight is 530 g/mol. The van der Waals surface area contributed by atoms with E-state index in [1.807, 2.05) is 13.8 Å². The molecule has 0 aliphatic rings. The summed E-state index contributed by atoms with van der Waals surface area (Å²) in [6.07, 6.45) is 5.60. The van der Waals surface area contributed by atoms with Gasteiger partial charge in [-0.05, 0) is 50.6 Å². The molecule has 39 heavy (non-hydrogen) atoms. The van der Waals surface area contributed by atoms with Crippen molar-refractivity contribution < 1.29 is 8.78 Å². The summed E-state index contributed by atoms with van der Waals surface area (Å²) in [4.78, 5) is 26.6. The smallest absolute Gasteiger partial charge is 0.266 e. The van der Waals surface area contributed by atoms with Crippen molar-refractivity contribution in [1.82, 2.24) is 29.1 Å². The van der Waals surface area contributed by atoms with Crippen LogP contribution in [0.15, 0.2) is 66.1 Å². The van der Waals surface area contributed by atoms with Crippen molar-refractivity contribution in [1.29, 1.82) is 5.41 Å². The van der Waals surface area contributed by atoms with Crippen molar-refractivity contribution in [3.05, 3.63) is 100 Å². The Labute approximate surface area is 221 Å². The molecule has 0 bridgehead atoms. The highest BCUT2D eigenvalue weighted by atomic mass is 19.1. The Balaban J connectivity index is 1.62. The number of aromatic nitrogens is 6. The number of pyridine rings is 1. The number of benzene rings is 1. The highest BCUT2D eigenvalue weighted by molar-refractivity contribution is 6.16. The SMILES string of the molecule is CC(C)n1cc(C(=N)c2c(N)ncnc2N[C@@H](C)c2nc3ccc(F)cn3c(=O)c2-c2cccc(F)c2)cn1. The van der Waals surface area contributed by atoms with E-state index in [0.717, 1.165) is 10.6 Å². The van der Waals surface area contributed by atoms with Gasteiger partial charge in [-0.3, -0.25) is 19.3 Å². The maximum atomic E-state index is 14.2. The first-order chi connectivity index (χ1) is 18.6. The lowest BCUT2D eigenvalue weighted by molar-refractivity contribution is 0.532. The maximum absolute atomic E-state index is 14.2. The summed E-state index contributed by atoms with van der Waals surface area (Å²) in [5, 5.41) is 16.3. The highest BCUT2D eigenvalue weighted by Crippen LogP contribution is 2.30. The first kappa shape index (κ1) is 25.6. The van der Waals surface area contributed by atoms with Gasteiger partial charge < -0.3 is 11.1 Å². The topological polar surface area (TPSA) is 140 Å². The molecule has 0 saturated heterocycles. The number of rotatable bonds is 7. The summed E-state index contributed by atoms with van der Waals surface area (Å²) in [6.45, 7) is 5.69. The zero-order valence-electron chi connectivity index (χ0n) is 21.4. The van der Waals surface area contributed by atoms with Gasteiger partial charge in [0.15, 0.2) is 0 Å². The third-order valence-electron chi connectivity index (χ3n) is 6.24. The number of hydrogen-bond acceptors (Lipinski definition) is 8. The van der Waals surface area contributed by atoms with E-state index in [2.05, 4.69) is 25.4 Å². The second-order valence-electron chi connectivity index (χ2n) is 9.29. The predicted octanol–water partition coefficient (Wildman–Crippen LogP) is 4.38. The van der Waals surface area contributed by atoms with Gasteiger partial charge in [0.2, 0.25) is 0 Å². The summed E-state index contributed by atoms with van der Waals surface area (Å²) in [5.41, 5.74) is 7.31. The molecule has 0 saturated carbocycles. The minimum atomic E-state index is -0.676. The summed E-state index contributed by atoms with van der Waals surface area (Å²) in [5.74, 6) is -0.835. The van der Waals surface area contributed by atoms with Crippen LogP contribution in [0.1, 0.15) is 49.7 Å². The van der Waals surface area contributed by atoms with Gasteiger partial charge in [-0.25, -0.2) is 23.7 Å². The molecule has 0 amide bonds. The van der Waals surface area contributed by atoms with Crippen LogP contribution in [0.3, 0.4) is 0 Å². The van der Waals surface area contributed by atoms with Gasteiger partial charge in [0, 0.05) is 24.0 Å². The van der Waals surface area contributed by atoms with Crippen LogP contribution in [0, 0.1) is 17.0 Å². The van der Waals surface area contributed by atoms with Gasteiger partial charge in [0.1, 0.15) is 35.2 Å². The summed E-state index contributed by atoms with van der Waals surface area (Å²) in [7, 11) is 0. The molecule has 5 aromatic rings. The van der Waals surface area contributed by atoms with Gasteiger partial charge in [-0.15, -0.1) is 0 Å². The molecule has 10 nitrogen and oxygen atoms in total. The lowest BCUT2D eigenvalue weighted by atomic mass is 10.0. The standard InChI is InChI=1S/C27H25F2N9O/c1-14(2)38-11-17(10-34-38)23(30)22-25(31)32-13-33-26(22)35-15(3)24-21(16-5-4-6-18(28)9-16)27(39)37-12-19(29)7-8-20(37)36-24/h4-15,30H,1-3H3,(H3,31,32,33,35)/t15-/m0/s1. The van der Waals surface area contributed by atoms with Gasteiger partial charge >= 0.3 is 0 Å². The fourth-order valence-electron chi connectivity index (χ4n) is 4.28. The second kappa shape index (κ2) is 10.0. The summed E-state index contributed by atoms with van der Waals surface area (Å²) in [6, 6.07) is 7.56. The Morgan fingerprint density at radius 2 is 1.87 bits per heavy atom. The molecule has 12 heteroatoms. The van der Waals surface area contributed by atoms with E-state index < -0.39 is 23.2 Å². The van der Waals surface area contributed by atoms with Crippen LogP contribution in [-0.4, -0.2) is 34.8 Å². The van der Waals surface area contributed by atoms with E-state index in [4.69, 9.17) is 11.1 Å². The molecule has 0 aliphatic heterocycles. The third kappa shape index (κ3) is 4.83. The van der Waals surface area contributed by atoms with Crippen LogP contribution in [-0.2, 0) is 0 Å². The maximum Gasteiger partial charge on any atom is 0.266 e. The molecule has 5 rings (SSSR count). The number of anilines is 2. The van der Waals surface area contributed by atoms with E-state index >= 15 is 0 Å². The largest absolute Gasteiger partial charge is 0.383 e. The molecule has 0 aliphatic carbocycles.